The number of aromatic nitrogens is 2. The molecule has 1 aliphatic rings. The molecule has 1 atom stereocenters. The lowest BCUT2D eigenvalue weighted by Gasteiger charge is -2.17. The number of carbonyl (C=O) groups excluding carboxylic acids is 1. The fourth-order valence-electron chi connectivity index (χ4n) is 4.31. The van der Waals surface area contributed by atoms with Crippen LogP contribution in [-0.2, 0) is 35.2 Å². The molecule has 0 saturated carbocycles. The summed E-state index contributed by atoms with van der Waals surface area (Å²) < 4.78 is 5.22. The van der Waals surface area contributed by atoms with Gasteiger partial charge in [0.25, 0.3) is 0 Å². The lowest BCUT2D eigenvalue weighted by Crippen LogP contribution is -2.14. The highest BCUT2D eigenvalue weighted by atomic mass is 32.1. The number of ether oxygens (including phenoxy) is 1. The van der Waals surface area contributed by atoms with Crippen LogP contribution in [0.25, 0.3) is 0 Å². The van der Waals surface area contributed by atoms with Crippen molar-refractivity contribution in [3.05, 3.63) is 74.9 Å². The number of carbonyl (C=O) groups is 1. The van der Waals surface area contributed by atoms with Crippen molar-refractivity contribution in [2.24, 2.45) is 0 Å². The van der Waals surface area contributed by atoms with E-state index >= 15 is 0 Å². The van der Waals surface area contributed by atoms with Crippen LogP contribution in [0.1, 0.15) is 65.2 Å². The van der Waals surface area contributed by atoms with E-state index in [-0.39, 0.29) is 11.9 Å². The number of aryl methyl sites for hydroxylation is 4. The zero-order chi connectivity index (χ0) is 23.0. The number of pyridine rings is 1. The van der Waals surface area contributed by atoms with E-state index < -0.39 is 0 Å². The van der Waals surface area contributed by atoms with E-state index in [9.17, 15) is 4.79 Å². The van der Waals surface area contributed by atoms with Gasteiger partial charge in [0.1, 0.15) is 5.82 Å². The normalized spacial score (nSPS) is 13.8. The van der Waals surface area contributed by atoms with Crippen LogP contribution in [0.15, 0.2) is 41.8 Å². The van der Waals surface area contributed by atoms with Gasteiger partial charge in [-0.15, -0.1) is 11.3 Å². The standard InChI is InChI=1S/C27H33N3O2S/c1-3-32-26(31)17-22(20-11-9-19(2)10-12-20)16-24-18-33-25(29-24)8-4-7-23-14-13-21-6-5-15-28-27(21)30-23/h9-14,18,22H,3-8,15-17H2,1-2H3,(H,28,30). The summed E-state index contributed by atoms with van der Waals surface area (Å²) in [5.74, 6) is 0.997. The molecule has 0 saturated heterocycles. The highest BCUT2D eigenvalue weighted by molar-refractivity contribution is 7.09. The van der Waals surface area contributed by atoms with Gasteiger partial charge >= 0.3 is 5.97 Å². The Bertz CT molecular complexity index is 1060. The summed E-state index contributed by atoms with van der Waals surface area (Å²) in [6.45, 7) is 5.36. The lowest BCUT2D eigenvalue weighted by molar-refractivity contribution is -0.143. The largest absolute Gasteiger partial charge is 0.466 e. The third-order valence-electron chi connectivity index (χ3n) is 6.10. The number of rotatable bonds is 10. The van der Waals surface area contributed by atoms with Crippen LogP contribution in [0.3, 0.4) is 0 Å². The van der Waals surface area contributed by atoms with Crippen LogP contribution in [0.2, 0.25) is 0 Å². The molecule has 3 aromatic rings. The predicted octanol–water partition coefficient (Wildman–Crippen LogP) is 5.66. The van der Waals surface area contributed by atoms with E-state index in [1.54, 1.807) is 11.3 Å². The van der Waals surface area contributed by atoms with E-state index in [2.05, 4.69) is 54.0 Å². The average Bonchev–Trinajstić information content (AvgIpc) is 3.26. The van der Waals surface area contributed by atoms with Gasteiger partial charge in [-0.05, 0) is 75.5 Å². The molecule has 0 bridgehead atoms. The van der Waals surface area contributed by atoms with Crippen molar-refractivity contribution in [1.29, 1.82) is 0 Å². The molecular formula is C27H33N3O2S. The monoisotopic (exact) mass is 463 g/mol. The smallest absolute Gasteiger partial charge is 0.306 e. The van der Waals surface area contributed by atoms with Crippen molar-refractivity contribution >= 4 is 23.1 Å². The number of anilines is 1. The Balaban J connectivity index is 1.34. The summed E-state index contributed by atoms with van der Waals surface area (Å²) >= 11 is 1.72. The fourth-order valence-corrected chi connectivity index (χ4v) is 5.16. The average molecular weight is 464 g/mol. The first-order chi connectivity index (χ1) is 16.1. The molecule has 33 heavy (non-hydrogen) atoms. The summed E-state index contributed by atoms with van der Waals surface area (Å²) in [6.07, 6.45) is 6.37. The molecule has 1 aliphatic heterocycles. The Morgan fingerprint density at radius 3 is 2.79 bits per heavy atom. The van der Waals surface area contributed by atoms with Crippen molar-refractivity contribution < 1.29 is 9.53 Å². The van der Waals surface area contributed by atoms with Gasteiger partial charge in [0.2, 0.25) is 0 Å². The summed E-state index contributed by atoms with van der Waals surface area (Å²) in [6, 6.07) is 12.8. The minimum Gasteiger partial charge on any atom is -0.466 e. The second-order valence-electron chi connectivity index (χ2n) is 8.75. The molecule has 0 radical (unpaired) electrons. The molecule has 0 amide bonds. The van der Waals surface area contributed by atoms with E-state index in [0.29, 0.717) is 13.0 Å². The molecule has 3 heterocycles. The highest BCUT2D eigenvalue weighted by Crippen LogP contribution is 2.27. The predicted molar refractivity (Wildman–Crippen MR) is 134 cm³/mol. The third kappa shape index (κ3) is 6.64. The number of thiazole rings is 1. The Kier molecular flexibility index (Phi) is 8.10. The summed E-state index contributed by atoms with van der Waals surface area (Å²) in [5, 5.41) is 6.71. The molecule has 0 fully saturated rings. The Labute approximate surface area is 200 Å². The number of nitrogens with one attached hydrogen (secondary N) is 1. The maximum Gasteiger partial charge on any atom is 0.306 e. The summed E-state index contributed by atoms with van der Waals surface area (Å²) in [7, 11) is 0. The first-order valence-electron chi connectivity index (χ1n) is 12.0. The van der Waals surface area contributed by atoms with Crippen LogP contribution >= 0.6 is 11.3 Å². The zero-order valence-corrected chi connectivity index (χ0v) is 20.4. The van der Waals surface area contributed by atoms with Crippen LogP contribution in [0, 0.1) is 6.92 Å². The molecule has 1 aromatic carbocycles. The molecule has 1 N–H and O–H groups in total. The summed E-state index contributed by atoms with van der Waals surface area (Å²) in [5.41, 5.74) is 5.92. The van der Waals surface area contributed by atoms with Crippen LogP contribution in [0.5, 0.6) is 0 Å². The highest BCUT2D eigenvalue weighted by Gasteiger charge is 2.19. The van der Waals surface area contributed by atoms with E-state index in [1.807, 2.05) is 6.92 Å². The Morgan fingerprint density at radius 2 is 1.97 bits per heavy atom. The maximum atomic E-state index is 12.2. The van der Waals surface area contributed by atoms with Crippen molar-refractivity contribution in [3.63, 3.8) is 0 Å². The molecule has 2 aromatic heterocycles. The number of fused-ring (bicyclic) bond motifs is 1. The van der Waals surface area contributed by atoms with Gasteiger partial charge in [0.15, 0.2) is 0 Å². The second kappa shape index (κ2) is 11.4. The lowest BCUT2D eigenvalue weighted by atomic mass is 9.91. The summed E-state index contributed by atoms with van der Waals surface area (Å²) in [4.78, 5) is 21.9. The Morgan fingerprint density at radius 1 is 1.12 bits per heavy atom. The van der Waals surface area contributed by atoms with Crippen LogP contribution < -0.4 is 5.32 Å². The van der Waals surface area contributed by atoms with E-state index in [4.69, 9.17) is 14.7 Å². The third-order valence-corrected chi connectivity index (χ3v) is 7.05. The molecule has 1 unspecified atom stereocenters. The van der Waals surface area contributed by atoms with Gasteiger partial charge < -0.3 is 10.1 Å². The number of hydrogen-bond donors (Lipinski definition) is 1. The van der Waals surface area contributed by atoms with Gasteiger partial charge in [-0.2, -0.15) is 0 Å². The van der Waals surface area contributed by atoms with Crippen molar-refractivity contribution in [2.75, 3.05) is 18.5 Å². The van der Waals surface area contributed by atoms with Gasteiger partial charge in [0.05, 0.1) is 23.7 Å². The van der Waals surface area contributed by atoms with Crippen LogP contribution in [0.4, 0.5) is 5.82 Å². The Hall–Kier alpha value is -2.73. The molecule has 0 aliphatic carbocycles. The minimum absolute atomic E-state index is 0.0757. The topological polar surface area (TPSA) is 64.1 Å². The maximum absolute atomic E-state index is 12.2. The SMILES string of the molecule is CCOC(=O)CC(Cc1csc(CCCc2ccc3c(n2)NCCC3)n1)c1ccc(C)cc1. The van der Waals surface area contributed by atoms with Gasteiger partial charge in [-0.1, -0.05) is 35.9 Å². The van der Waals surface area contributed by atoms with Gasteiger partial charge in [-0.3, -0.25) is 4.79 Å². The van der Waals surface area contributed by atoms with E-state index in [0.717, 1.165) is 66.4 Å². The van der Waals surface area contributed by atoms with Gasteiger partial charge in [0, 0.05) is 17.6 Å². The van der Waals surface area contributed by atoms with Crippen molar-refractivity contribution in [2.45, 2.75) is 64.7 Å². The quantitative estimate of drug-likeness (QED) is 0.393. The molecular weight excluding hydrogens is 430 g/mol. The first kappa shape index (κ1) is 23.4. The van der Waals surface area contributed by atoms with Crippen molar-refractivity contribution in [1.82, 2.24) is 9.97 Å². The number of nitrogens with zero attached hydrogens (tertiary/aromatic N) is 2. The van der Waals surface area contributed by atoms with E-state index in [1.165, 1.54) is 17.5 Å². The number of esters is 1. The molecule has 0 spiro atoms. The molecule has 5 nitrogen and oxygen atoms in total. The van der Waals surface area contributed by atoms with Crippen molar-refractivity contribution in [3.8, 4) is 0 Å². The minimum atomic E-state index is -0.148. The first-order valence-corrected chi connectivity index (χ1v) is 12.9. The molecule has 6 heteroatoms. The molecule has 174 valence electrons. The fraction of sp³-hybridized carbons (Fsp3) is 0.444. The zero-order valence-electron chi connectivity index (χ0n) is 19.6. The second-order valence-corrected chi connectivity index (χ2v) is 9.69. The molecule has 4 rings (SSSR count). The van der Waals surface area contributed by atoms with Gasteiger partial charge in [-0.25, -0.2) is 9.97 Å². The number of benzene rings is 1. The number of hydrogen-bond acceptors (Lipinski definition) is 6. The van der Waals surface area contributed by atoms with Crippen LogP contribution in [-0.4, -0.2) is 29.1 Å².